The van der Waals surface area contributed by atoms with Crippen LogP contribution in [0, 0.1) is 6.92 Å². The summed E-state index contributed by atoms with van der Waals surface area (Å²) in [6.07, 6.45) is 5.42. The highest BCUT2D eigenvalue weighted by molar-refractivity contribution is 7.10. The topological polar surface area (TPSA) is 15.3 Å². The molecule has 1 aromatic rings. The van der Waals surface area contributed by atoms with E-state index in [0.717, 1.165) is 19.6 Å². The van der Waals surface area contributed by atoms with Gasteiger partial charge in [0.1, 0.15) is 0 Å². The Morgan fingerprint density at radius 2 is 1.90 bits per heavy atom. The summed E-state index contributed by atoms with van der Waals surface area (Å²) < 4.78 is 0. The van der Waals surface area contributed by atoms with E-state index in [4.69, 9.17) is 0 Å². The number of likely N-dealkylation sites (N-methyl/N-ethyl adjacent to an activating group) is 2. The van der Waals surface area contributed by atoms with Gasteiger partial charge in [-0.05, 0) is 56.4 Å². The summed E-state index contributed by atoms with van der Waals surface area (Å²) in [5.74, 6) is 0. The lowest BCUT2D eigenvalue weighted by Gasteiger charge is -2.47. The van der Waals surface area contributed by atoms with Gasteiger partial charge in [0.25, 0.3) is 0 Å². The van der Waals surface area contributed by atoms with E-state index in [9.17, 15) is 0 Å². The second-order valence-electron chi connectivity index (χ2n) is 5.91. The lowest BCUT2D eigenvalue weighted by molar-refractivity contribution is 0.0631. The van der Waals surface area contributed by atoms with Crippen molar-refractivity contribution in [2.24, 2.45) is 0 Å². The van der Waals surface area contributed by atoms with Gasteiger partial charge in [0.15, 0.2) is 0 Å². The summed E-state index contributed by atoms with van der Waals surface area (Å²) in [6, 6.07) is 2.83. The van der Waals surface area contributed by atoms with Crippen LogP contribution in [0.1, 0.15) is 62.9 Å². The first-order valence-corrected chi connectivity index (χ1v) is 9.10. The van der Waals surface area contributed by atoms with Crippen molar-refractivity contribution in [2.45, 2.75) is 65.0 Å². The third-order valence-electron chi connectivity index (χ3n) is 5.02. The van der Waals surface area contributed by atoms with E-state index < -0.39 is 0 Å². The summed E-state index contributed by atoms with van der Waals surface area (Å²) in [5, 5.41) is 6.07. The minimum absolute atomic E-state index is 0.325. The molecule has 1 heterocycles. The van der Waals surface area contributed by atoms with Gasteiger partial charge in [-0.25, -0.2) is 0 Å². The second kappa shape index (κ2) is 7.06. The molecule has 114 valence electrons. The maximum absolute atomic E-state index is 3.82. The quantitative estimate of drug-likeness (QED) is 0.803. The van der Waals surface area contributed by atoms with Crippen molar-refractivity contribution >= 4 is 11.3 Å². The van der Waals surface area contributed by atoms with Gasteiger partial charge in [-0.3, -0.25) is 4.90 Å². The molecule has 0 radical (unpaired) electrons. The molecule has 0 aliphatic heterocycles. The molecule has 1 saturated carbocycles. The van der Waals surface area contributed by atoms with Gasteiger partial charge in [-0.2, -0.15) is 0 Å². The predicted octanol–water partition coefficient (Wildman–Crippen LogP) is 4.36. The number of nitrogens with one attached hydrogen (secondary N) is 1. The monoisotopic (exact) mass is 294 g/mol. The fourth-order valence-electron chi connectivity index (χ4n) is 4.12. The van der Waals surface area contributed by atoms with Crippen molar-refractivity contribution in [1.82, 2.24) is 10.2 Å². The van der Waals surface area contributed by atoms with Gasteiger partial charge in [0.05, 0.1) is 6.04 Å². The normalized spacial score (nSPS) is 19.6. The molecule has 1 aliphatic carbocycles. The van der Waals surface area contributed by atoms with Gasteiger partial charge >= 0.3 is 0 Å². The van der Waals surface area contributed by atoms with Gasteiger partial charge in [-0.1, -0.05) is 33.6 Å². The molecule has 0 bridgehead atoms. The third kappa shape index (κ3) is 2.81. The molecule has 0 saturated heterocycles. The molecule has 0 aromatic carbocycles. The summed E-state index contributed by atoms with van der Waals surface area (Å²) in [7, 11) is 0. The highest BCUT2D eigenvalue weighted by atomic mass is 32.1. The molecule has 1 N–H and O–H groups in total. The van der Waals surface area contributed by atoms with Crippen LogP contribution >= 0.6 is 11.3 Å². The Bertz CT molecular complexity index is 403. The van der Waals surface area contributed by atoms with Crippen molar-refractivity contribution < 1.29 is 0 Å². The van der Waals surface area contributed by atoms with E-state index in [-0.39, 0.29) is 0 Å². The van der Waals surface area contributed by atoms with E-state index in [1.165, 1.54) is 36.1 Å². The van der Waals surface area contributed by atoms with Crippen LogP contribution in [0.15, 0.2) is 11.4 Å². The Kier molecular flexibility index (Phi) is 5.65. The summed E-state index contributed by atoms with van der Waals surface area (Å²) in [5.41, 5.74) is 1.86. The summed E-state index contributed by atoms with van der Waals surface area (Å²) >= 11 is 1.88. The average Bonchev–Trinajstić information content (AvgIpc) is 3.08. The smallest absolute Gasteiger partial charge is 0.0518 e. The van der Waals surface area contributed by atoms with E-state index in [0.29, 0.717) is 11.6 Å². The first-order valence-electron chi connectivity index (χ1n) is 8.22. The molecule has 0 amide bonds. The van der Waals surface area contributed by atoms with Gasteiger partial charge < -0.3 is 5.32 Å². The Morgan fingerprint density at radius 3 is 2.35 bits per heavy atom. The standard InChI is InChI=1S/C17H30N2S/c1-5-18-16(15-10-13-20-14(15)4)17(11-8-9-12-17)19(6-2)7-3/h10,13,16,18H,5-9,11-12H2,1-4H3. The van der Waals surface area contributed by atoms with Gasteiger partial charge in [-0.15, -0.1) is 11.3 Å². The Balaban J connectivity index is 2.40. The predicted molar refractivity (Wildman–Crippen MR) is 89.6 cm³/mol. The average molecular weight is 295 g/mol. The second-order valence-corrected chi connectivity index (χ2v) is 7.03. The van der Waals surface area contributed by atoms with E-state index >= 15 is 0 Å². The van der Waals surface area contributed by atoms with Crippen LogP contribution in [-0.2, 0) is 0 Å². The van der Waals surface area contributed by atoms with Gasteiger partial charge in [0.2, 0.25) is 0 Å². The number of hydrogen-bond donors (Lipinski definition) is 1. The lowest BCUT2D eigenvalue weighted by atomic mass is 9.81. The SMILES string of the molecule is CCNC(c1ccsc1C)C1(N(CC)CC)CCCC1. The van der Waals surface area contributed by atoms with Crippen LogP contribution in [0.4, 0.5) is 0 Å². The van der Waals surface area contributed by atoms with Crippen LogP contribution in [0.3, 0.4) is 0 Å². The molecule has 1 atom stereocenters. The Morgan fingerprint density at radius 1 is 1.25 bits per heavy atom. The molecule has 3 heteroatoms. The van der Waals surface area contributed by atoms with Crippen molar-refractivity contribution in [3.05, 3.63) is 21.9 Å². The zero-order chi connectivity index (χ0) is 14.6. The zero-order valence-electron chi connectivity index (χ0n) is 13.5. The molecule has 0 spiro atoms. The van der Waals surface area contributed by atoms with Crippen molar-refractivity contribution in [3.63, 3.8) is 0 Å². The summed E-state index contributed by atoms with van der Waals surface area (Å²) in [6.45, 7) is 12.5. The fourth-order valence-corrected chi connectivity index (χ4v) is 4.86. The molecular weight excluding hydrogens is 264 g/mol. The van der Waals surface area contributed by atoms with E-state index in [1.54, 1.807) is 0 Å². The van der Waals surface area contributed by atoms with Crippen LogP contribution in [0.2, 0.25) is 0 Å². The van der Waals surface area contributed by atoms with Crippen LogP contribution < -0.4 is 5.32 Å². The molecule has 2 rings (SSSR count). The van der Waals surface area contributed by atoms with E-state index in [2.05, 4.69) is 49.4 Å². The molecule has 1 unspecified atom stereocenters. The maximum atomic E-state index is 3.82. The van der Waals surface area contributed by atoms with Crippen LogP contribution in [0.25, 0.3) is 0 Å². The maximum Gasteiger partial charge on any atom is 0.0518 e. The number of rotatable bonds is 7. The molecule has 1 aromatic heterocycles. The minimum atomic E-state index is 0.325. The highest BCUT2D eigenvalue weighted by Gasteiger charge is 2.45. The Labute approximate surface area is 128 Å². The van der Waals surface area contributed by atoms with Crippen LogP contribution in [-0.4, -0.2) is 30.1 Å². The summed E-state index contributed by atoms with van der Waals surface area (Å²) in [4.78, 5) is 4.19. The largest absolute Gasteiger partial charge is 0.309 e. The Hall–Kier alpha value is -0.380. The molecule has 1 fully saturated rings. The van der Waals surface area contributed by atoms with E-state index in [1.807, 2.05) is 11.3 Å². The number of hydrogen-bond acceptors (Lipinski definition) is 3. The van der Waals surface area contributed by atoms with Gasteiger partial charge in [0, 0.05) is 10.4 Å². The van der Waals surface area contributed by atoms with Crippen molar-refractivity contribution in [1.29, 1.82) is 0 Å². The van der Waals surface area contributed by atoms with Crippen molar-refractivity contribution in [3.8, 4) is 0 Å². The molecular formula is C17H30N2S. The fraction of sp³-hybridized carbons (Fsp3) is 0.765. The zero-order valence-corrected chi connectivity index (χ0v) is 14.4. The number of aryl methyl sites for hydroxylation is 1. The highest BCUT2D eigenvalue weighted by Crippen LogP contribution is 2.45. The minimum Gasteiger partial charge on any atom is -0.309 e. The lowest BCUT2D eigenvalue weighted by Crippen LogP contribution is -2.55. The first kappa shape index (κ1) is 16.0. The van der Waals surface area contributed by atoms with Crippen LogP contribution in [0.5, 0.6) is 0 Å². The molecule has 2 nitrogen and oxygen atoms in total. The van der Waals surface area contributed by atoms with Crippen molar-refractivity contribution in [2.75, 3.05) is 19.6 Å². The number of nitrogens with zero attached hydrogens (tertiary/aromatic N) is 1. The third-order valence-corrected chi connectivity index (χ3v) is 5.88. The molecule has 1 aliphatic rings. The number of thiophene rings is 1. The molecule has 20 heavy (non-hydrogen) atoms. The first-order chi connectivity index (χ1) is 9.69.